The second kappa shape index (κ2) is 6.58. The standard InChI is InChI=1S/C13H14Br2N2O3/c14-9-3-4-10(15)11(6-9)16-13(20)17-5-1-2-8(7-17)12(18)19/h3-4,6,8H,1-2,5,7H2,(H,16,20)(H,18,19)/t8-/m0/s1. The van der Waals surface area contributed by atoms with Crippen molar-refractivity contribution in [2.24, 2.45) is 5.92 Å². The van der Waals surface area contributed by atoms with Gasteiger partial charge in [0.2, 0.25) is 0 Å². The minimum absolute atomic E-state index is 0.257. The van der Waals surface area contributed by atoms with Crippen LogP contribution in [-0.4, -0.2) is 35.1 Å². The SMILES string of the molecule is O=C(O)[C@H]1CCCN(C(=O)Nc2cc(Br)ccc2Br)C1. The molecule has 1 atom stereocenters. The zero-order valence-electron chi connectivity index (χ0n) is 10.6. The zero-order chi connectivity index (χ0) is 14.7. The number of rotatable bonds is 2. The van der Waals surface area contributed by atoms with Crippen LogP contribution in [-0.2, 0) is 4.79 Å². The Balaban J connectivity index is 2.04. The highest BCUT2D eigenvalue weighted by Crippen LogP contribution is 2.27. The molecule has 7 heteroatoms. The number of urea groups is 1. The van der Waals surface area contributed by atoms with Crippen molar-refractivity contribution in [1.29, 1.82) is 0 Å². The molecular formula is C13H14Br2N2O3. The van der Waals surface area contributed by atoms with Gasteiger partial charge in [-0.15, -0.1) is 0 Å². The van der Waals surface area contributed by atoms with Gasteiger partial charge in [0.05, 0.1) is 11.6 Å². The smallest absolute Gasteiger partial charge is 0.321 e. The molecule has 0 bridgehead atoms. The molecule has 1 aliphatic rings. The lowest BCUT2D eigenvalue weighted by atomic mass is 9.99. The van der Waals surface area contributed by atoms with E-state index < -0.39 is 11.9 Å². The third kappa shape index (κ3) is 3.73. The third-order valence-electron chi connectivity index (χ3n) is 3.23. The first kappa shape index (κ1) is 15.3. The molecule has 2 rings (SSSR count). The fourth-order valence-corrected chi connectivity index (χ4v) is 2.86. The summed E-state index contributed by atoms with van der Waals surface area (Å²) in [5.41, 5.74) is 0.654. The fourth-order valence-electron chi connectivity index (χ4n) is 2.15. The molecule has 1 aromatic rings. The number of hydrogen-bond acceptors (Lipinski definition) is 2. The molecule has 0 unspecified atom stereocenters. The lowest BCUT2D eigenvalue weighted by Gasteiger charge is -2.30. The first-order chi connectivity index (χ1) is 9.47. The molecule has 5 nitrogen and oxygen atoms in total. The monoisotopic (exact) mass is 404 g/mol. The van der Waals surface area contributed by atoms with Gasteiger partial charge >= 0.3 is 12.0 Å². The van der Waals surface area contributed by atoms with E-state index in [1.807, 2.05) is 12.1 Å². The molecule has 0 aromatic heterocycles. The Labute approximate surface area is 133 Å². The van der Waals surface area contributed by atoms with E-state index in [9.17, 15) is 9.59 Å². The molecular weight excluding hydrogens is 392 g/mol. The summed E-state index contributed by atoms with van der Waals surface area (Å²) in [4.78, 5) is 24.7. The van der Waals surface area contributed by atoms with Crippen molar-refractivity contribution >= 4 is 49.5 Å². The Morgan fingerprint density at radius 1 is 1.35 bits per heavy atom. The predicted octanol–water partition coefficient (Wildman–Crippen LogP) is 3.54. The van der Waals surface area contributed by atoms with Gasteiger partial charge < -0.3 is 15.3 Å². The van der Waals surface area contributed by atoms with Crippen LogP contribution in [0.1, 0.15) is 12.8 Å². The number of benzene rings is 1. The zero-order valence-corrected chi connectivity index (χ0v) is 13.8. The van der Waals surface area contributed by atoms with Crippen LogP contribution in [0.25, 0.3) is 0 Å². The van der Waals surface area contributed by atoms with Crippen molar-refractivity contribution in [2.75, 3.05) is 18.4 Å². The van der Waals surface area contributed by atoms with Crippen LogP contribution in [0.15, 0.2) is 27.1 Å². The van der Waals surface area contributed by atoms with E-state index in [1.54, 1.807) is 11.0 Å². The highest BCUT2D eigenvalue weighted by molar-refractivity contribution is 9.11. The van der Waals surface area contributed by atoms with Crippen LogP contribution in [0.2, 0.25) is 0 Å². The summed E-state index contributed by atoms with van der Waals surface area (Å²) < 4.78 is 1.64. The van der Waals surface area contributed by atoms with Gasteiger partial charge in [-0.1, -0.05) is 15.9 Å². The van der Waals surface area contributed by atoms with E-state index in [-0.39, 0.29) is 12.6 Å². The van der Waals surface area contributed by atoms with Gasteiger partial charge in [-0.2, -0.15) is 0 Å². The average molecular weight is 406 g/mol. The van der Waals surface area contributed by atoms with Crippen LogP contribution in [0.5, 0.6) is 0 Å². The largest absolute Gasteiger partial charge is 0.481 e. The molecule has 20 heavy (non-hydrogen) atoms. The summed E-state index contributed by atoms with van der Waals surface area (Å²) in [5.74, 6) is -1.31. The lowest BCUT2D eigenvalue weighted by molar-refractivity contribution is -0.143. The highest BCUT2D eigenvalue weighted by Gasteiger charge is 2.28. The lowest BCUT2D eigenvalue weighted by Crippen LogP contribution is -2.44. The first-order valence-electron chi connectivity index (χ1n) is 6.21. The van der Waals surface area contributed by atoms with Crippen molar-refractivity contribution in [1.82, 2.24) is 4.90 Å². The summed E-state index contributed by atoms with van der Waals surface area (Å²) in [7, 11) is 0. The number of amides is 2. The molecule has 1 fully saturated rings. The summed E-state index contributed by atoms with van der Waals surface area (Å²) in [6, 6.07) is 5.22. The highest BCUT2D eigenvalue weighted by atomic mass is 79.9. The van der Waals surface area contributed by atoms with E-state index in [0.717, 1.165) is 8.95 Å². The van der Waals surface area contributed by atoms with Crippen LogP contribution in [0, 0.1) is 5.92 Å². The minimum atomic E-state index is -0.842. The Bertz CT molecular complexity index is 536. The molecule has 0 spiro atoms. The number of hydrogen-bond donors (Lipinski definition) is 2. The molecule has 1 aromatic carbocycles. The second-order valence-electron chi connectivity index (χ2n) is 4.68. The molecule has 2 N–H and O–H groups in total. The van der Waals surface area contributed by atoms with Gasteiger partial charge in [0.15, 0.2) is 0 Å². The van der Waals surface area contributed by atoms with Crippen LogP contribution in [0.3, 0.4) is 0 Å². The van der Waals surface area contributed by atoms with Crippen LogP contribution in [0.4, 0.5) is 10.5 Å². The van der Waals surface area contributed by atoms with Gasteiger partial charge in [-0.05, 0) is 47.0 Å². The Kier molecular flexibility index (Phi) is 5.04. The van der Waals surface area contributed by atoms with Gasteiger partial charge in [-0.3, -0.25) is 4.79 Å². The number of nitrogens with one attached hydrogen (secondary N) is 1. The third-order valence-corrected chi connectivity index (χ3v) is 4.41. The number of carbonyl (C=O) groups is 2. The maximum Gasteiger partial charge on any atom is 0.321 e. The number of carboxylic acid groups (broad SMARTS) is 1. The maximum absolute atomic E-state index is 12.2. The fraction of sp³-hybridized carbons (Fsp3) is 0.385. The molecule has 0 aliphatic carbocycles. The summed E-state index contributed by atoms with van der Waals surface area (Å²) in [6.45, 7) is 0.841. The maximum atomic E-state index is 12.2. The topological polar surface area (TPSA) is 69.6 Å². The van der Waals surface area contributed by atoms with Gasteiger partial charge in [0.25, 0.3) is 0 Å². The molecule has 1 saturated heterocycles. The van der Waals surface area contributed by atoms with Crippen LogP contribution < -0.4 is 5.32 Å². The van der Waals surface area contributed by atoms with Gasteiger partial charge in [0, 0.05) is 22.0 Å². The number of carbonyl (C=O) groups excluding carboxylic acids is 1. The van der Waals surface area contributed by atoms with Gasteiger partial charge in [0.1, 0.15) is 0 Å². The summed E-state index contributed by atoms with van der Waals surface area (Å²) >= 11 is 6.72. The summed E-state index contributed by atoms with van der Waals surface area (Å²) in [6.07, 6.45) is 1.34. The van der Waals surface area contributed by atoms with E-state index in [2.05, 4.69) is 37.2 Å². The molecule has 0 radical (unpaired) electrons. The summed E-state index contributed by atoms with van der Waals surface area (Å²) in [5, 5.41) is 11.8. The Morgan fingerprint density at radius 3 is 2.80 bits per heavy atom. The number of likely N-dealkylation sites (tertiary alicyclic amines) is 1. The van der Waals surface area contributed by atoms with Crippen molar-refractivity contribution in [3.8, 4) is 0 Å². The van der Waals surface area contributed by atoms with Crippen LogP contribution >= 0.6 is 31.9 Å². The van der Waals surface area contributed by atoms with E-state index in [4.69, 9.17) is 5.11 Å². The molecule has 108 valence electrons. The molecule has 2 amide bonds. The number of aliphatic carboxylic acids is 1. The van der Waals surface area contributed by atoms with Crippen molar-refractivity contribution < 1.29 is 14.7 Å². The van der Waals surface area contributed by atoms with E-state index in [0.29, 0.717) is 25.1 Å². The van der Waals surface area contributed by atoms with Crippen molar-refractivity contribution in [3.63, 3.8) is 0 Å². The molecule has 1 aliphatic heterocycles. The quantitative estimate of drug-likeness (QED) is 0.790. The normalized spacial score (nSPS) is 18.7. The van der Waals surface area contributed by atoms with E-state index >= 15 is 0 Å². The number of nitrogens with zero attached hydrogens (tertiary/aromatic N) is 1. The molecule has 0 saturated carbocycles. The second-order valence-corrected chi connectivity index (χ2v) is 6.45. The minimum Gasteiger partial charge on any atom is -0.481 e. The first-order valence-corrected chi connectivity index (χ1v) is 7.80. The Hall–Kier alpha value is -1.08. The predicted molar refractivity (Wildman–Crippen MR) is 82.8 cm³/mol. The number of piperidine rings is 1. The number of halogens is 2. The average Bonchev–Trinajstić information content (AvgIpc) is 2.43. The van der Waals surface area contributed by atoms with Crippen molar-refractivity contribution in [2.45, 2.75) is 12.8 Å². The number of carboxylic acids is 1. The number of anilines is 1. The van der Waals surface area contributed by atoms with Gasteiger partial charge in [-0.25, -0.2) is 4.79 Å². The van der Waals surface area contributed by atoms with E-state index in [1.165, 1.54) is 0 Å². The molecule has 1 heterocycles. The Morgan fingerprint density at radius 2 is 2.10 bits per heavy atom. The van der Waals surface area contributed by atoms with Crippen molar-refractivity contribution in [3.05, 3.63) is 27.1 Å².